The molecule has 1 aromatic carbocycles. The highest BCUT2D eigenvalue weighted by Gasteiger charge is 2.29. The van der Waals surface area contributed by atoms with E-state index in [-0.39, 0.29) is 5.91 Å². The molecule has 1 aromatic rings. The minimum atomic E-state index is 0.120. The highest BCUT2D eigenvalue weighted by atomic mass is 32.1. The van der Waals surface area contributed by atoms with Gasteiger partial charge in [-0.05, 0) is 37.8 Å². The fourth-order valence-corrected chi connectivity index (χ4v) is 2.69. The number of benzene rings is 1. The minimum absolute atomic E-state index is 0.120. The molecule has 3 heteroatoms. The summed E-state index contributed by atoms with van der Waals surface area (Å²) in [6.45, 7) is 5.23. The lowest BCUT2D eigenvalue weighted by atomic mass is 9.91. The summed E-state index contributed by atoms with van der Waals surface area (Å²) in [5.41, 5.74) is 0.719. The predicted molar refractivity (Wildman–Crippen MR) is 72.6 cm³/mol. The molecule has 0 spiro atoms. The van der Waals surface area contributed by atoms with Crippen LogP contribution in [0.4, 0.5) is 0 Å². The van der Waals surface area contributed by atoms with Crippen molar-refractivity contribution < 1.29 is 4.79 Å². The lowest BCUT2D eigenvalue weighted by Crippen LogP contribution is -2.46. The number of piperidine rings is 1. The first-order valence-electron chi connectivity index (χ1n) is 6.20. The average molecular weight is 249 g/mol. The summed E-state index contributed by atoms with van der Waals surface area (Å²) in [5.74, 6) is 0.703. The van der Waals surface area contributed by atoms with Crippen molar-refractivity contribution in [2.75, 3.05) is 6.54 Å². The molecule has 1 aliphatic rings. The van der Waals surface area contributed by atoms with Crippen molar-refractivity contribution in [3.63, 3.8) is 0 Å². The van der Waals surface area contributed by atoms with Crippen LogP contribution < -0.4 is 0 Å². The molecule has 0 saturated carbocycles. The van der Waals surface area contributed by atoms with Gasteiger partial charge in [-0.2, -0.15) is 0 Å². The van der Waals surface area contributed by atoms with Gasteiger partial charge >= 0.3 is 0 Å². The number of hydrogen-bond donors (Lipinski definition) is 1. The molecule has 92 valence electrons. The fraction of sp³-hybridized carbons (Fsp3) is 0.500. The first kappa shape index (κ1) is 12.5. The molecule has 0 N–H and O–H groups in total. The number of carbonyl (C=O) groups is 1. The summed E-state index contributed by atoms with van der Waals surface area (Å²) in [6.07, 6.45) is 2.32. The van der Waals surface area contributed by atoms with Crippen molar-refractivity contribution in [3.05, 3.63) is 29.8 Å². The molecule has 1 amide bonds. The van der Waals surface area contributed by atoms with Crippen LogP contribution in [0.25, 0.3) is 0 Å². The topological polar surface area (TPSA) is 20.3 Å². The van der Waals surface area contributed by atoms with Crippen LogP contribution in [0.3, 0.4) is 0 Å². The highest BCUT2D eigenvalue weighted by Crippen LogP contribution is 2.25. The molecule has 1 fully saturated rings. The van der Waals surface area contributed by atoms with E-state index in [4.69, 9.17) is 0 Å². The van der Waals surface area contributed by atoms with Crippen LogP contribution in [-0.2, 0) is 0 Å². The monoisotopic (exact) mass is 249 g/mol. The molecule has 2 nitrogen and oxygen atoms in total. The molecule has 0 aliphatic carbocycles. The summed E-state index contributed by atoms with van der Waals surface area (Å²) in [6, 6.07) is 7.85. The number of carbonyl (C=O) groups excluding carboxylic acids is 1. The van der Waals surface area contributed by atoms with Crippen LogP contribution in [0.5, 0.6) is 0 Å². The maximum absolute atomic E-state index is 12.5. The largest absolute Gasteiger partial charge is 0.336 e. The molecule has 1 saturated heterocycles. The van der Waals surface area contributed by atoms with E-state index in [1.165, 1.54) is 6.42 Å². The molecule has 0 aromatic heterocycles. The van der Waals surface area contributed by atoms with Crippen LogP contribution >= 0.6 is 12.6 Å². The fourth-order valence-electron chi connectivity index (χ4n) is 2.43. The molecule has 2 unspecified atom stereocenters. The van der Waals surface area contributed by atoms with Crippen molar-refractivity contribution in [1.29, 1.82) is 0 Å². The van der Waals surface area contributed by atoms with Gasteiger partial charge in [0.1, 0.15) is 0 Å². The Morgan fingerprint density at radius 2 is 2.06 bits per heavy atom. The number of thiol groups is 1. The van der Waals surface area contributed by atoms with Crippen molar-refractivity contribution in [2.45, 2.75) is 37.6 Å². The summed E-state index contributed by atoms with van der Waals surface area (Å²) in [4.78, 5) is 15.2. The molecule has 17 heavy (non-hydrogen) atoms. The van der Waals surface area contributed by atoms with Gasteiger partial charge in [-0.25, -0.2) is 0 Å². The Labute approximate surface area is 108 Å². The first-order valence-corrected chi connectivity index (χ1v) is 6.65. The van der Waals surface area contributed by atoms with Gasteiger partial charge in [-0.15, -0.1) is 12.6 Å². The van der Waals surface area contributed by atoms with Gasteiger partial charge in [0.15, 0.2) is 0 Å². The van der Waals surface area contributed by atoms with Crippen LogP contribution in [0.1, 0.15) is 37.0 Å². The second-order valence-electron chi connectivity index (χ2n) is 4.88. The van der Waals surface area contributed by atoms with E-state index in [0.29, 0.717) is 12.0 Å². The van der Waals surface area contributed by atoms with E-state index >= 15 is 0 Å². The van der Waals surface area contributed by atoms with Crippen LogP contribution in [0.15, 0.2) is 29.2 Å². The molecule has 2 rings (SSSR count). The zero-order chi connectivity index (χ0) is 12.4. The quantitative estimate of drug-likeness (QED) is 0.758. The third-order valence-corrected chi connectivity index (χ3v) is 4.16. The third kappa shape index (κ3) is 2.49. The average Bonchev–Trinajstić information content (AvgIpc) is 2.32. The van der Waals surface area contributed by atoms with Gasteiger partial charge in [0.05, 0.1) is 5.56 Å². The van der Waals surface area contributed by atoms with Crippen molar-refractivity contribution in [2.24, 2.45) is 5.92 Å². The van der Waals surface area contributed by atoms with Crippen LogP contribution in [-0.4, -0.2) is 23.4 Å². The molecular formula is C14H19NOS. The van der Waals surface area contributed by atoms with E-state index in [1.54, 1.807) is 0 Å². The molecule has 0 radical (unpaired) electrons. The Hall–Kier alpha value is -0.960. The third-order valence-electron chi connectivity index (χ3n) is 3.77. The maximum Gasteiger partial charge on any atom is 0.255 e. The van der Waals surface area contributed by atoms with Crippen molar-refractivity contribution in [1.82, 2.24) is 4.90 Å². The van der Waals surface area contributed by atoms with E-state index in [9.17, 15) is 4.79 Å². The lowest BCUT2D eigenvalue weighted by Gasteiger charge is -2.38. The maximum atomic E-state index is 12.5. The minimum Gasteiger partial charge on any atom is -0.336 e. The van der Waals surface area contributed by atoms with Gasteiger partial charge in [-0.1, -0.05) is 19.1 Å². The Kier molecular flexibility index (Phi) is 3.77. The number of nitrogens with zero attached hydrogens (tertiary/aromatic N) is 1. The second-order valence-corrected chi connectivity index (χ2v) is 5.36. The Balaban J connectivity index is 2.23. The zero-order valence-electron chi connectivity index (χ0n) is 10.4. The number of amides is 1. The molecule has 1 heterocycles. The molecular weight excluding hydrogens is 230 g/mol. The Morgan fingerprint density at radius 3 is 2.76 bits per heavy atom. The SMILES string of the molecule is CC1CCCN(C(=O)c2ccccc2S)C1C. The smallest absolute Gasteiger partial charge is 0.255 e. The van der Waals surface area contributed by atoms with Crippen molar-refractivity contribution in [3.8, 4) is 0 Å². The van der Waals surface area contributed by atoms with E-state index in [0.717, 1.165) is 23.4 Å². The van der Waals surface area contributed by atoms with Crippen LogP contribution in [0, 0.1) is 5.92 Å². The summed E-state index contributed by atoms with van der Waals surface area (Å²) >= 11 is 4.36. The van der Waals surface area contributed by atoms with Crippen molar-refractivity contribution >= 4 is 18.5 Å². The Morgan fingerprint density at radius 1 is 1.35 bits per heavy atom. The second kappa shape index (κ2) is 5.13. The Bertz CT molecular complexity index is 418. The van der Waals surface area contributed by atoms with Gasteiger partial charge in [-0.3, -0.25) is 4.79 Å². The molecule has 2 atom stereocenters. The summed E-state index contributed by atoms with van der Waals surface area (Å²) in [5, 5.41) is 0. The molecule has 1 aliphatic heterocycles. The standard InChI is InChI=1S/C14H19NOS/c1-10-6-5-9-15(11(10)2)14(16)12-7-3-4-8-13(12)17/h3-4,7-8,10-11,17H,5-6,9H2,1-2H3. The number of likely N-dealkylation sites (tertiary alicyclic amines) is 1. The zero-order valence-corrected chi connectivity index (χ0v) is 11.3. The van der Waals surface area contributed by atoms with E-state index in [2.05, 4.69) is 26.5 Å². The van der Waals surface area contributed by atoms with Crippen LogP contribution in [0.2, 0.25) is 0 Å². The molecule has 0 bridgehead atoms. The summed E-state index contributed by atoms with van der Waals surface area (Å²) < 4.78 is 0. The number of hydrogen-bond acceptors (Lipinski definition) is 2. The van der Waals surface area contributed by atoms with E-state index in [1.807, 2.05) is 29.2 Å². The summed E-state index contributed by atoms with van der Waals surface area (Å²) in [7, 11) is 0. The first-order chi connectivity index (χ1) is 8.11. The van der Waals surface area contributed by atoms with Gasteiger partial charge in [0, 0.05) is 17.5 Å². The lowest BCUT2D eigenvalue weighted by molar-refractivity contribution is 0.0547. The number of rotatable bonds is 1. The normalized spacial score (nSPS) is 24.8. The predicted octanol–water partition coefficient (Wildman–Crippen LogP) is 3.24. The van der Waals surface area contributed by atoms with E-state index < -0.39 is 0 Å². The van der Waals surface area contributed by atoms with Gasteiger partial charge in [0.2, 0.25) is 0 Å². The van der Waals surface area contributed by atoms with Gasteiger partial charge in [0.25, 0.3) is 5.91 Å². The van der Waals surface area contributed by atoms with Gasteiger partial charge < -0.3 is 4.90 Å². The highest BCUT2D eigenvalue weighted by molar-refractivity contribution is 7.80.